The summed E-state index contributed by atoms with van der Waals surface area (Å²) >= 11 is 0. The molecule has 0 saturated heterocycles. The van der Waals surface area contributed by atoms with Crippen molar-refractivity contribution in [2.45, 2.75) is 45.1 Å². The minimum atomic E-state index is -0.270. The molecule has 1 unspecified atom stereocenters. The first kappa shape index (κ1) is 17.0. The molecule has 2 saturated carbocycles. The van der Waals surface area contributed by atoms with Crippen LogP contribution in [0.3, 0.4) is 0 Å². The number of pyridine rings is 1. The molecule has 2 N–H and O–H groups in total. The second-order valence-electron chi connectivity index (χ2n) is 7.10. The van der Waals surface area contributed by atoms with Gasteiger partial charge in [-0.15, -0.1) is 0 Å². The molecule has 0 bridgehead atoms. The van der Waals surface area contributed by atoms with Crippen molar-refractivity contribution in [3.63, 3.8) is 0 Å². The number of ether oxygens (including phenoxy) is 1. The maximum absolute atomic E-state index is 12.3. The Balaban J connectivity index is 1.70. The summed E-state index contributed by atoms with van der Waals surface area (Å²) in [6.45, 7) is 1.84. The molecule has 24 heavy (non-hydrogen) atoms. The third kappa shape index (κ3) is 3.61. The van der Waals surface area contributed by atoms with Gasteiger partial charge in [-0.25, -0.2) is 4.98 Å². The Hall–Kier alpha value is -1.88. The van der Waals surface area contributed by atoms with Gasteiger partial charge in [-0.2, -0.15) is 0 Å². The van der Waals surface area contributed by atoms with Crippen LogP contribution in [0, 0.1) is 11.3 Å². The van der Waals surface area contributed by atoms with Crippen molar-refractivity contribution in [1.29, 1.82) is 0 Å². The smallest absolute Gasteiger partial charge is 0.270 e. The number of methoxy groups -OCH3 is 1. The number of hydrogen-bond donors (Lipinski definition) is 2. The summed E-state index contributed by atoms with van der Waals surface area (Å²) in [7, 11) is 1.61. The first-order valence-corrected chi connectivity index (χ1v) is 8.73. The molecule has 5 nitrogen and oxygen atoms in total. The van der Waals surface area contributed by atoms with Gasteiger partial charge in [-0.1, -0.05) is 19.1 Å². The van der Waals surface area contributed by atoms with Crippen molar-refractivity contribution in [2.24, 2.45) is 11.3 Å². The highest BCUT2D eigenvalue weighted by atomic mass is 16.5. The lowest BCUT2D eigenvalue weighted by atomic mass is 9.72. The highest BCUT2D eigenvalue weighted by Gasteiger charge is 2.51. The highest BCUT2D eigenvalue weighted by molar-refractivity contribution is 5.93. The molecule has 1 atom stereocenters. The predicted octanol–water partition coefficient (Wildman–Crippen LogP) is 2.79. The Bertz CT molecular complexity index is 625. The lowest BCUT2D eigenvalue weighted by Gasteiger charge is -2.33. The van der Waals surface area contributed by atoms with Crippen LogP contribution in [0.5, 0.6) is 5.75 Å². The van der Waals surface area contributed by atoms with Gasteiger partial charge in [0.15, 0.2) is 0 Å². The van der Waals surface area contributed by atoms with E-state index in [2.05, 4.69) is 16.4 Å². The maximum Gasteiger partial charge on any atom is 0.270 e. The summed E-state index contributed by atoms with van der Waals surface area (Å²) in [5, 5.41) is 12.0. The fraction of sp³-hybridized carbons (Fsp3) is 0.579. The first-order chi connectivity index (χ1) is 11.6. The predicted molar refractivity (Wildman–Crippen MR) is 92.8 cm³/mol. The summed E-state index contributed by atoms with van der Waals surface area (Å²) in [6.07, 6.45) is 11.9. The van der Waals surface area contributed by atoms with Gasteiger partial charge in [-0.3, -0.25) is 4.79 Å². The third-order valence-corrected chi connectivity index (χ3v) is 5.29. The van der Waals surface area contributed by atoms with Gasteiger partial charge in [-0.05, 0) is 49.5 Å². The van der Waals surface area contributed by atoms with E-state index in [9.17, 15) is 9.90 Å². The topological polar surface area (TPSA) is 71.5 Å². The zero-order valence-electron chi connectivity index (χ0n) is 14.4. The number of aliphatic hydroxyl groups is 1. The molecular formula is C19H26N2O3. The third-order valence-electron chi connectivity index (χ3n) is 5.29. The molecule has 1 amide bonds. The SMILES string of the molecule is CCC(CO)NC(=O)c1cc(C=CC2CC3(CC3)C2)c(OC)cn1. The molecule has 3 rings (SSSR count). The molecule has 1 aromatic rings. The Kier molecular flexibility index (Phi) is 4.90. The second-order valence-corrected chi connectivity index (χ2v) is 7.10. The lowest BCUT2D eigenvalue weighted by Crippen LogP contribution is -2.37. The minimum Gasteiger partial charge on any atom is -0.495 e. The van der Waals surface area contributed by atoms with Crippen LogP contribution in [0.4, 0.5) is 0 Å². The monoisotopic (exact) mass is 330 g/mol. The van der Waals surface area contributed by atoms with E-state index in [0.717, 1.165) is 5.56 Å². The number of aliphatic hydroxyl groups excluding tert-OH is 1. The van der Waals surface area contributed by atoms with E-state index in [1.165, 1.54) is 25.7 Å². The van der Waals surface area contributed by atoms with Crippen molar-refractivity contribution < 1.29 is 14.6 Å². The number of carbonyl (C=O) groups excluding carboxylic acids is 1. The number of carbonyl (C=O) groups is 1. The van der Waals surface area contributed by atoms with Crippen molar-refractivity contribution >= 4 is 12.0 Å². The number of amides is 1. The Labute approximate surface area is 143 Å². The van der Waals surface area contributed by atoms with Gasteiger partial charge in [0.05, 0.1) is 26.0 Å². The molecule has 2 aliphatic carbocycles. The van der Waals surface area contributed by atoms with Crippen LogP contribution in [0.25, 0.3) is 6.08 Å². The summed E-state index contributed by atoms with van der Waals surface area (Å²) in [4.78, 5) is 16.4. The van der Waals surface area contributed by atoms with E-state index >= 15 is 0 Å². The standard InChI is InChI=1S/C19H26N2O3/c1-3-15(12-22)21-18(23)16-8-14(17(24-2)11-20-16)5-4-13-9-19(10-13)6-7-19/h4-5,8,11,13,15,22H,3,6-7,9-10,12H2,1-2H3,(H,21,23). The maximum atomic E-state index is 12.3. The van der Waals surface area contributed by atoms with E-state index in [4.69, 9.17) is 4.74 Å². The number of aromatic nitrogens is 1. The summed E-state index contributed by atoms with van der Waals surface area (Å²) < 4.78 is 5.36. The quantitative estimate of drug-likeness (QED) is 0.806. The fourth-order valence-electron chi connectivity index (χ4n) is 3.43. The molecule has 1 aromatic heterocycles. The van der Waals surface area contributed by atoms with Crippen LogP contribution < -0.4 is 10.1 Å². The van der Waals surface area contributed by atoms with Crippen LogP contribution in [0.2, 0.25) is 0 Å². The number of hydrogen-bond acceptors (Lipinski definition) is 4. The average molecular weight is 330 g/mol. The number of nitrogens with one attached hydrogen (secondary N) is 1. The second kappa shape index (κ2) is 6.93. The summed E-state index contributed by atoms with van der Waals surface area (Å²) in [5.41, 5.74) is 1.89. The van der Waals surface area contributed by atoms with E-state index in [-0.39, 0.29) is 18.6 Å². The van der Waals surface area contributed by atoms with E-state index in [1.807, 2.05) is 13.0 Å². The molecule has 0 aliphatic heterocycles. The van der Waals surface area contributed by atoms with Crippen LogP contribution in [0.1, 0.15) is 55.1 Å². The molecule has 2 aliphatic rings. The molecule has 130 valence electrons. The van der Waals surface area contributed by atoms with Crippen LogP contribution in [-0.2, 0) is 0 Å². The van der Waals surface area contributed by atoms with Gasteiger partial charge >= 0.3 is 0 Å². The zero-order chi connectivity index (χ0) is 17.2. The average Bonchev–Trinajstić information content (AvgIpc) is 3.37. The Morgan fingerprint density at radius 1 is 1.54 bits per heavy atom. The minimum absolute atomic E-state index is 0.0748. The number of nitrogens with zero attached hydrogens (tertiary/aromatic N) is 1. The van der Waals surface area contributed by atoms with Crippen molar-refractivity contribution in [3.05, 3.63) is 29.6 Å². The molecule has 5 heteroatoms. The molecule has 0 aromatic carbocycles. The van der Waals surface area contributed by atoms with E-state index < -0.39 is 0 Å². The largest absolute Gasteiger partial charge is 0.495 e. The normalized spacial score (nSPS) is 20.0. The van der Waals surface area contributed by atoms with Crippen molar-refractivity contribution in [1.82, 2.24) is 10.3 Å². The van der Waals surface area contributed by atoms with Crippen LogP contribution in [0.15, 0.2) is 18.3 Å². The fourth-order valence-corrected chi connectivity index (χ4v) is 3.43. The van der Waals surface area contributed by atoms with Gasteiger partial charge in [0.2, 0.25) is 0 Å². The van der Waals surface area contributed by atoms with Gasteiger partial charge in [0.25, 0.3) is 5.91 Å². The summed E-state index contributed by atoms with van der Waals surface area (Å²) in [6, 6.07) is 1.51. The molecule has 0 radical (unpaired) electrons. The molecular weight excluding hydrogens is 304 g/mol. The lowest BCUT2D eigenvalue weighted by molar-refractivity contribution is 0.0910. The first-order valence-electron chi connectivity index (χ1n) is 8.73. The molecule has 2 fully saturated rings. The molecule has 1 spiro atoms. The Morgan fingerprint density at radius 3 is 2.88 bits per heavy atom. The van der Waals surface area contributed by atoms with Crippen molar-refractivity contribution in [2.75, 3.05) is 13.7 Å². The number of rotatable bonds is 7. The van der Waals surface area contributed by atoms with E-state index in [1.54, 1.807) is 19.4 Å². The number of allylic oxidation sites excluding steroid dienone is 1. The van der Waals surface area contributed by atoms with Gasteiger partial charge in [0.1, 0.15) is 11.4 Å². The Morgan fingerprint density at radius 2 is 2.29 bits per heavy atom. The van der Waals surface area contributed by atoms with Gasteiger partial charge in [0, 0.05) is 5.56 Å². The highest BCUT2D eigenvalue weighted by Crippen LogP contribution is 2.63. The van der Waals surface area contributed by atoms with E-state index in [0.29, 0.717) is 29.2 Å². The van der Waals surface area contributed by atoms with Gasteiger partial charge < -0.3 is 15.2 Å². The molecule has 1 heterocycles. The van der Waals surface area contributed by atoms with Crippen molar-refractivity contribution in [3.8, 4) is 5.75 Å². The summed E-state index contributed by atoms with van der Waals surface area (Å²) in [5.74, 6) is 1.03. The van der Waals surface area contributed by atoms with Crippen LogP contribution in [-0.4, -0.2) is 35.8 Å². The zero-order valence-corrected chi connectivity index (χ0v) is 14.4. The van der Waals surface area contributed by atoms with Crippen LogP contribution >= 0.6 is 0 Å².